The quantitative estimate of drug-likeness (QED) is 0.825. The van der Waals surface area contributed by atoms with E-state index in [1.54, 1.807) is 6.26 Å². The van der Waals surface area contributed by atoms with Crippen LogP contribution in [0.25, 0.3) is 0 Å². The van der Waals surface area contributed by atoms with E-state index in [1.807, 2.05) is 12.1 Å². The third kappa shape index (κ3) is 3.33. The van der Waals surface area contributed by atoms with Crippen molar-refractivity contribution in [2.45, 2.75) is 44.7 Å². The van der Waals surface area contributed by atoms with Gasteiger partial charge >= 0.3 is 5.97 Å². The van der Waals surface area contributed by atoms with Crippen molar-refractivity contribution >= 4 is 5.97 Å². The molecule has 0 saturated heterocycles. The van der Waals surface area contributed by atoms with Gasteiger partial charge in [-0.2, -0.15) is 0 Å². The highest BCUT2D eigenvalue weighted by Gasteiger charge is 2.28. The second kappa shape index (κ2) is 5.87. The molecule has 4 heteroatoms. The zero-order valence-electron chi connectivity index (χ0n) is 9.89. The maximum atomic E-state index is 11.3. The molecule has 0 unspecified atom stereocenters. The summed E-state index contributed by atoms with van der Waals surface area (Å²) in [6, 6.07) is 3.22. The SMILES string of the molecule is O=C(O)[C@H](NCc1ccco1)C1CCCCC1. The second-order valence-corrected chi connectivity index (χ2v) is 4.67. The number of nitrogens with one attached hydrogen (secondary N) is 1. The first-order valence-electron chi connectivity index (χ1n) is 6.26. The van der Waals surface area contributed by atoms with Gasteiger partial charge in [0.15, 0.2) is 0 Å². The van der Waals surface area contributed by atoms with Crippen LogP contribution in [0.1, 0.15) is 37.9 Å². The molecule has 17 heavy (non-hydrogen) atoms. The summed E-state index contributed by atoms with van der Waals surface area (Å²) < 4.78 is 5.20. The van der Waals surface area contributed by atoms with Crippen LogP contribution in [0.2, 0.25) is 0 Å². The summed E-state index contributed by atoms with van der Waals surface area (Å²) in [5.41, 5.74) is 0. The van der Waals surface area contributed by atoms with Crippen molar-refractivity contribution in [3.63, 3.8) is 0 Å². The van der Waals surface area contributed by atoms with Gasteiger partial charge in [0.1, 0.15) is 11.8 Å². The minimum Gasteiger partial charge on any atom is -0.480 e. The fourth-order valence-electron chi connectivity index (χ4n) is 2.55. The van der Waals surface area contributed by atoms with Crippen LogP contribution in [0.5, 0.6) is 0 Å². The molecule has 94 valence electrons. The molecule has 1 aromatic heterocycles. The number of carboxylic acid groups (broad SMARTS) is 1. The minimum atomic E-state index is -0.747. The number of carbonyl (C=O) groups is 1. The van der Waals surface area contributed by atoms with Gasteiger partial charge in [0, 0.05) is 0 Å². The Morgan fingerprint density at radius 2 is 2.24 bits per heavy atom. The lowest BCUT2D eigenvalue weighted by Gasteiger charge is -2.27. The fourth-order valence-corrected chi connectivity index (χ4v) is 2.55. The Morgan fingerprint density at radius 1 is 1.47 bits per heavy atom. The van der Waals surface area contributed by atoms with E-state index in [0.29, 0.717) is 6.54 Å². The number of aliphatic carboxylic acids is 1. The predicted molar refractivity (Wildman–Crippen MR) is 63.5 cm³/mol. The summed E-state index contributed by atoms with van der Waals surface area (Å²) in [6.45, 7) is 0.487. The molecule has 0 spiro atoms. The molecular weight excluding hydrogens is 218 g/mol. The van der Waals surface area contributed by atoms with Gasteiger partial charge in [-0.15, -0.1) is 0 Å². The normalized spacial score (nSPS) is 19.1. The molecule has 0 amide bonds. The van der Waals surface area contributed by atoms with Gasteiger partial charge in [-0.1, -0.05) is 19.3 Å². The number of carboxylic acids is 1. The van der Waals surface area contributed by atoms with Crippen molar-refractivity contribution in [2.24, 2.45) is 5.92 Å². The van der Waals surface area contributed by atoms with Crippen LogP contribution >= 0.6 is 0 Å². The topological polar surface area (TPSA) is 62.5 Å². The number of rotatable bonds is 5. The van der Waals surface area contributed by atoms with E-state index < -0.39 is 12.0 Å². The average Bonchev–Trinajstić information content (AvgIpc) is 2.83. The number of hydrogen-bond acceptors (Lipinski definition) is 3. The molecule has 0 radical (unpaired) electrons. The molecule has 0 bridgehead atoms. The zero-order chi connectivity index (χ0) is 12.1. The van der Waals surface area contributed by atoms with Gasteiger partial charge in [0.25, 0.3) is 0 Å². The van der Waals surface area contributed by atoms with Crippen LogP contribution in [-0.2, 0) is 11.3 Å². The lowest BCUT2D eigenvalue weighted by molar-refractivity contribution is -0.141. The van der Waals surface area contributed by atoms with E-state index in [4.69, 9.17) is 4.42 Å². The third-order valence-electron chi connectivity index (χ3n) is 3.46. The summed E-state index contributed by atoms with van der Waals surface area (Å²) >= 11 is 0. The van der Waals surface area contributed by atoms with Crippen LogP contribution in [0.4, 0.5) is 0 Å². The Hall–Kier alpha value is -1.29. The summed E-state index contributed by atoms with van der Waals surface area (Å²) in [5, 5.41) is 12.4. The standard InChI is InChI=1S/C13H19NO3/c15-13(16)12(10-5-2-1-3-6-10)14-9-11-7-4-8-17-11/h4,7-8,10,12,14H,1-3,5-6,9H2,(H,15,16)/t12-/m1/s1. The molecule has 1 aliphatic carbocycles. The highest BCUT2D eigenvalue weighted by molar-refractivity contribution is 5.73. The highest BCUT2D eigenvalue weighted by atomic mass is 16.4. The smallest absolute Gasteiger partial charge is 0.320 e. The average molecular weight is 237 g/mol. The minimum absolute atomic E-state index is 0.260. The monoisotopic (exact) mass is 237 g/mol. The van der Waals surface area contributed by atoms with Crippen LogP contribution < -0.4 is 5.32 Å². The van der Waals surface area contributed by atoms with Gasteiger partial charge in [-0.05, 0) is 30.9 Å². The maximum Gasteiger partial charge on any atom is 0.320 e. The largest absolute Gasteiger partial charge is 0.480 e. The number of hydrogen-bond donors (Lipinski definition) is 2. The van der Waals surface area contributed by atoms with E-state index >= 15 is 0 Å². The van der Waals surface area contributed by atoms with E-state index in [9.17, 15) is 9.90 Å². The first-order valence-corrected chi connectivity index (χ1v) is 6.26. The summed E-state index contributed by atoms with van der Waals surface area (Å²) in [4.78, 5) is 11.3. The molecule has 2 rings (SSSR count). The zero-order valence-corrected chi connectivity index (χ0v) is 9.89. The lowest BCUT2D eigenvalue weighted by Crippen LogP contribution is -2.43. The number of furan rings is 1. The first kappa shape index (κ1) is 12.2. The highest BCUT2D eigenvalue weighted by Crippen LogP contribution is 2.26. The molecule has 1 aromatic rings. The van der Waals surface area contributed by atoms with E-state index in [0.717, 1.165) is 31.4 Å². The van der Waals surface area contributed by atoms with Crippen LogP contribution in [-0.4, -0.2) is 17.1 Å². The molecular formula is C13H19NO3. The summed E-state index contributed by atoms with van der Waals surface area (Å²) in [7, 11) is 0. The lowest BCUT2D eigenvalue weighted by atomic mass is 9.84. The van der Waals surface area contributed by atoms with Crippen LogP contribution in [0.3, 0.4) is 0 Å². The van der Waals surface area contributed by atoms with E-state index in [1.165, 1.54) is 6.42 Å². The van der Waals surface area contributed by atoms with Crippen molar-refractivity contribution in [1.82, 2.24) is 5.32 Å². The molecule has 1 heterocycles. The second-order valence-electron chi connectivity index (χ2n) is 4.67. The fraction of sp³-hybridized carbons (Fsp3) is 0.615. The van der Waals surface area contributed by atoms with Crippen LogP contribution in [0.15, 0.2) is 22.8 Å². The van der Waals surface area contributed by atoms with Crippen molar-refractivity contribution in [1.29, 1.82) is 0 Å². The maximum absolute atomic E-state index is 11.3. The summed E-state index contributed by atoms with van der Waals surface area (Å²) in [5.74, 6) is 0.298. The molecule has 1 atom stereocenters. The predicted octanol–water partition coefficient (Wildman–Crippen LogP) is 2.40. The van der Waals surface area contributed by atoms with Crippen molar-refractivity contribution in [2.75, 3.05) is 0 Å². The summed E-state index contributed by atoms with van der Waals surface area (Å²) in [6.07, 6.45) is 7.17. The Labute approximate surface area is 101 Å². The molecule has 1 aliphatic rings. The Morgan fingerprint density at radius 3 is 2.82 bits per heavy atom. The molecule has 4 nitrogen and oxygen atoms in total. The molecule has 1 saturated carbocycles. The molecule has 0 aromatic carbocycles. The van der Waals surface area contributed by atoms with Crippen molar-refractivity contribution in [3.8, 4) is 0 Å². The van der Waals surface area contributed by atoms with E-state index in [-0.39, 0.29) is 5.92 Å². The van der Waals surface area contributed by atoms with Gasteiger partial charge < -0.3 is 9.52 Å². The van der Waals surface area contributed by atoms with Crippen molar-refractivity contribution in [3.05, 3.63) is 24.2 Å². The Balaban J connectivity index is 1.90. The van der Waals surface area contributed by atoms with Gasteiger partial charge in [0.05, 0.1) is 12.8 Å². The van der Waals surface area contributed by atoms with Crippen molar-refractivity contribution < 1.29 is 14.3 Å². The Bertz CT molecular complexity index is 342. The van der Waals surface area contributed by atoms with Gasteiger partial charge in [-0.25, -0.2) is 0 Å². The van der Waals surface area contributed by atoms with Gasteiger partial charge in [0.2, 0.25) is 0 Å². The third-order valence-corrected chi connectivity index (χ3v) is 3.46. The van der Waals surface area contributed by atoms with E-state index in [2.05, 4.69) is 5.32 Å². The molecule has 1 fully saturated rings. The van der Waals surface area contributed by atoms with Gasteiger partial charge in [-0.3, -0.25) is 10.1 Å². The first-order chi connectivity index (χ1) is 8.27. The van der Waals surface area contributed by atoms with Crippen LogP contribution in [0, 0.1) is 5.92 Å². The molecule has 0 aliphatic heterocycles. The Kier molecular flexibility index (Phi) is 4.20. The molecule has 2 N–H and O–H groups in total.